The van der Waals surface area contributed by atoms with Crippen LogP contribution < -0.4 is 10.1 Å². The van der Waals surface area contributed by atoms with Crippen molar-refractivity contribution in [1.82, 2.24) is 5.32 Å². The van der Waals surface area contributed by atoms with Crippen LogP contribution in [0.4, 0.5) is 0 Å². The summed E-state index contributed by atoms with van der Waals surface area (Å²) in [6.45, 7) is 3.70. The van der Waals surface area contributed by atoms with Gasteiger partial charge in [0.05, 0.1) is 6.61 Å². The Kier molecular flexibility index (Phi) is 4.18. The Hall–Kier alpha value is -0.870. The molecule has 2 unspecified atom stereocenters. The molecule has 17 heavy (non-hydrogen) atoms. The molecule has 0 fully saturated rings. The third kappa shape index (κ3) is 3.54. The molecule has 0 aromatic heterocycles. The number of nitrogens with one attached hydrogen (secondary N) is 1. The third-order valence-electron chi connectivity index (χ3n) is 2.89. The van der Waals surface area contributed by atoms with E-state index in [1.165, 1.54) is 11.1 Å². The van der Waals surface area contributed by atoms with Crippen LogP contribution in [-0.4, -0.2) is 28.9 Å². The lowest BCUT2D eigenvalue weighted by molar-refractivity contribution is 0.357. The topological polar surface area (TPSA) is 38.3 Å². The average molecular weight is 253 g/mol. The van der Waals surface area contributed by atoms with Crippen LogP contribution in [0.25, 0.3) is 0 Å². The van der Waals surface area contributed by atoms with E-state index in [-0.39, 0.29) is 6.04 Å². The van der Waals surface area contributed by atoms with E-state index in [0.29, 0.717) is 5.75 Å². The van der Waals surface area contributed by atoms with Crippen molar-refractivity contribution in [3.63, 3.8) is 0 Å². The zero-order valence-corrected chi connectivity index (χ0v) is 11.2. The first-order valence-electron chi connectivity index (χ1n) is 5.93. The Morgan fingerprint density at radius 1 is 1.53 bits per heavy atom. The van der Waals surface area contributed by atoms with Crippen LogP contribution in [-0.2, 0) is 23.8 Å². The fourth-order valence-electron chi connectivity index (χ4n) is 2.05. The molecule has 2 rings (SSSR count). The van der Waals surface area contributed by atoms with Crippen LogP contribution in [0.15, 0.2) is 18.2 Å². The van der Waals surface area contributed by atoms with Crippen molar-refractivity contribution in [2.45, 2.75) is 25.9 Å². The molecule has 0 radical (unpaired) electrons. The largest absolute Gasteiger partial charge is 0.493 e. The highest BCUT2D eigenvalue weighted by atomic mass is 32.2. The Morgan fingerprint density at radius 3 is 3.12 bits per heavy atom. The van der Waals surface area contributed by atoms with Crippen LogP contribution in [0.2, 0.25) is 0 Å². The van der Waals surface area contributed by atoms with Gasteiger partial charge in [-0.3, -0.25) is 4.21 Å². The molecular formula is C13H19NO2S. The molecule has 0 aliphatic carbocycles. The number of hydrogen-bond acceptors (Lipinski definition) is 3. The van der Waals surface area contributed by atoms with E-state index in [1.54, 1.807) is 6.26 Å². The van der Waals surface area contributed by atoms with Gasteiger partial charge >= 0.3 is 0 Å². The molecule has 0 spiro atoms. The monoisotopic (exact) mass is 253 g/mol. The molecule has 0 amide bonds. The molecule has 1 N–H and O–H groups in total. The zero-order valence-electron chi connectivity index (χ0n) is 10.4. The summed E-state index contributed by atoms with van der Waals surface area (Å²) in [4.78, 5) is 0. The van der Waals surface area contributed by atoms with Crippen molar-refractivity contribution in [2.24, 2.45) is 0 Å². The second-order valence-electron chi connectivity index (χ2n) is 4.56. The van der Waals surface area contributed by atoms with E-state index in [0.717, 1.165) is 25.3 Å². The summed E-state index contributed by atoms with van der Waals surface area (Å²) in [5, 5.41) is 3.39. The normalized spacial score (nSPS) is 17.3. The number of ether oxygens (including phenoxy) is 1. The average Bonchev–Trinajstić information content (AvgIpc) is 2.72. The maximum absolute atomic E-state index is 11.1. The van der Waals surface area contributed by atoms with E-state index >= 15 is 0 Å². The summed E-state index contributed by atoms with van der Waals surface area (Å²) in [7, 11) is -0.736. The first-order valence-corrected chi connectivity index (χ1v) is 7.66. The summed E-state index contributed by atoms with van der Waals surface area (Å²) in [6, 6.07) is 6.62. The summed E-state index contributed by atoms with van der Waals surface area (Å²) < 4.78 is 16.5. The van der Waals surface area contributed by atoms with Gasteiger partial charge < -0.3 is 10.1 Å². The van der Waals surface area contributed by atoms with Crippen LogP contribution >= 0.6 is 0 Å². The van der Waals surface area contributed by atoms with Gasteiger partial charge in [0.2, 0.25) is 0 Å². The van der Waals surface area contributed by atoms with Crippen molar-refractivity contribution in [1.29, 1.82) is 0 Å². The van der Waals surface area contributed by atoms with Crippen molar-refractivity contribution in [2.75, 3.05) is 18.6 Å². The van der Waals surface area contributed by atoms with Gasteiger partial charge in [-0.1, -0.05) is 12.1 Å². The number of benzene rings is 1. The highest BCUT2D eigenvalue weighted by Crippen LogP contribution is 2.25. The second kappa shape index (κ2) is 5.65. The third-order valence-corrected chi connectivity index (χ3v) is 3.86. The van der Waals surface area contributed by atoms with Crippen LogP contribution in [0.1, 0.15) is 18.1 Å². The minimum atomic E-state index is -0.736. The van der Waals surface area contributed by atoms with Crippen molar-refractivity contribution in [3.8, 4) is 5.75 Å². The van der Waals surface area contributed by atoms with Gasteiger partial charge in [-0.15, -0.1) is 0 Å². The Labute approximate surface area is 105 Å². The number of rotatable bonds is 5. The summed E-state index contributed by atoms with van der Waals surface area (Å²) in [5.74, 6) is 1.73. The Balaban J connectivity index is 1.89. The first-order chi connectivity index (χ1) is 8.15. The second-order valence-corrected chi connectivity index (χ2v) is 6.04. The molecule has 3 nitrogen and oxygen atoms in total. The minimum Gasteiger partial charge on any atom is -0.493 e. The molecule has 1 heterocycles. The van der Waals surface area contributed by atoms with Gasteiger partial charge in [-0.25, -0.2) is 0 Å². The Bertz CT molecular complexity index is 420. The van der Waals surface area contributed by atoms with Crippen molar-refractivity contribution in [3.05, 3.63) is 29.3 Å². The lowest BCUT2D eigenvalue weighted by Crippen LogP contribution is -2.30. The molecule has 4 heteroatoms. The lowest BCUT2D eigenvalue weighted by atomic mass is 10.1. The van der Waals surface area contributed by atoms with E-state index < -0.39 is 10.8 Å². The fourth-order valence-corrected chi connectivity index (χ4v) is 2.87. The molecule has 0 saturated carbocycles. The molecule has 1 aliphatic heterocycles. The molecule has 2 atom stereocenters. The molecule has 94 valence electrons. The predicted octanol–water partition coefficient (Wildman–Crippen LogP) is 1.48. The van der Waals surface area contributed by atoms with Crippen LogP contribution in [0.3, 0.4) is 0 Å². The summed E-state index contributed by atoms with van der Waals surface area (Å²) in [6.07, 6.45) is 2.75. The van der Waals surface area contributed by atoms with Crippen LogP contribution in [0.5, 0.6) is 5.75 Å². The van der Waals surface area contributed by atoms with E-state index in [9.17, 15) is 4.21 Å². The lowest BCUT2D eigenvalue weighted by Gasteiger charge is -2.12. The van der Waals surface area contributed by atoms with Crippen molar-refractivity contribution >= 4 is 10.8 Å². The fraction of sp³-hybridized carbons (Fsp3) is 0.538. The van der Waals surface area contributed by atoms with E-state index in [2.05, 4.69) is 24.4 Å². The summed E-state index contributed by atoms with van der Waals surface area (Å²) >= 11 is 0. The highest BCUT2D eigenvalue weighted by Gasteiger charge is 2.12. The smallest absolute Gasteiger partial charge is 0.122 e. The van der Waals surface area contributed by atoms with Crippen molar-refractivity contribution < 1.29 is 8.95 Å². The zero-order chi connectivity index (χ0) is 12.3. The standard InChI is InChI=1S/C13H19NO2S/c1-10(9-17(2)15)14-8-11-3-4-13-12(7-11)5-6-16-13/h3-4,7,10,14H,5-6,8-9H2,1-2H3. The SMILES string of the molecule is CC(CS(C)=O)NCc1ccc2c(c1)CCO2. The number of fused-ring (bicyclic) bond motifs is 1. The highest BCUT2D eigenvalue weighted by molar-refractivity contribution is 7.84. The maximum atomic E-state index is 11.1. The Morgan fingerprint density at radius 2 is 2.35 bits per heavy atom. The molecule has 1 aliphatic rings. The van der Waals surface area contributed by atoms with E-state index in [4.69, 9.17) is 4.74 Å². The molecule has 1 aromatic rings. The van der Waals surface area contributed by atoms with Crippen LogP contribution in [0, 0.1) is 0 Å². The molecule has 0 bridgehead atoms. The van der Waals surface area contributed by atoms with Gasteiger partial charge in [-0.2, -0.15) is 0 Å². The van der Waals surface area contributed by atoms with Gasteiger partial charge in [0.1, 0.15) is 5.75 Å². The quantitative estimate of drug-likeness (QED) is 0.864. The number of hydrogen-bond donors (Lipinski definition) is 1. The first kappa shape index (κ1) is 12.6. The van der Waals surface area contributed by atoms with E-state index in [1.807, 2.05) is 6.07 Å². The maximum Gasteiger partial charge on any atom is 0.122 e. The van der Waals surface area contributed by atoms with Gasteiger partial charge in [0.25, 0.3) is 0 Å². The molecule has 0 saturated heterocycles. The van der Waals surface area contributed by atoms with Gasteiger partial charge in [0.15, 0.2) is 0 Å². The molecular weight excluding hydrogens is 234 g/mol. The summed E-state index contributed by atoms with van der Waals surface area (Å²) in [5.41, 5.74) is 2.57. The molecule has 1 aromatic carbocycles. The minimum absolute atomic E-state index is 0.283. The van der Waals surface area contributed by atoms with Gasteiger partial charge in [0, 0.05) is 41.8 Å². The predicted molar refractivity (Wildman–Crippen MR) is 70.9 cm³/mol. The van der Waals surface area contributed by atoms with Gasteiger partial charge in [-0.05, 0) is 24.1 Å².